The summed E-state index contributed by atoms with van der Waals surface area (Å²) in [5.41, 5.74) is 3.06. The molecule has 20 heavy (non-hydrogen) atoms. The second kappa shape index (κ2) is 5.38. The summed E-state index contributed by atoms with van der Waals surface area (Å²) in [6.07, 6.45) is 1.85. The number of aromatic nitrogens is 2. The molecule has 0 saturated carbocycles. The van der Waals surface area contributed by atoms with Crippen molar-refractivity contribution < 1.29 is 9.53 Å². The van der Waals surface area contributed by atoms with Gasteiger partial charge in [0.15, 0.2) is 0 Å². The Morgan fingerprint density at radius 3 is 3.15 bits per heavy atom. The van der Waals surface area contributed by atoms with E-state index in [4.69, 9.17) is 4.74 Å². The Balaban J connectivity index is 1.88. The van der Waals surface area contributed by atoms with Crippen LogP contribution in [-0.2, 0) is 18.3 Å². The SMILES string of the molecule is COC[C@H]1CN(C(=O)c2ccsc2)Cc2cnn(C)c21. The van der Waals surface area contributed by atoms with Crippen LogP contribution in [0.15, 0.2) is 23.0 Å². The molecule has 3 rings (SSSR count). The first kappa shape index (κ1) is 13.3. The van der Waals surface area contributed by atoms with Crippen LogP contribution in [0.1, 0.15) is 27.5 Å². The summed E-state index contributed by atoms with van der Waals surface area (Å²) in [6, 6.07) is 1.87. The monoisotopic (exact) mass is 291 g/mol. The number of fused-ring (bicyclic) bond motifs is 1. The molecule has 0 saturated heterocycles. The lowest BCUT2D eigenvalue weighted by molar-refractivity contribution is 0.0676. The van der Waals surface area contributed by atoms with Gasteiger partial charge in [-0.15, -0.1) is 0 Å². The third-order valence-corrected chi connectivity index (χ3v) is 4.36. The second-order valence-electron chi connectivity index (χ2n) is 5.03. The van der Waals surface area contributed by atoms with E-state index in [1.807, 2.05) is 39.7 Å². The van der Waals surface area contributed by atoms with Crippen LogP contribution in [0.5, 0.6) is 0 Å². The molecule has 5 nitrogen and oxygen atoms in total. The molecule has 0 bridgehead atoms. The molecule has 2 aromatic heterocycles. The van der Waals surface area contributed by atoms with Crippen molar-refractivity contribution in [2.24, 2.45) is 7.05 Å². The highest BCUT2D eigenvalue weighted by molar-refractivity contribution is 7.08. The molecule has 3 heterocycles. The standard InChI is InChI=1S/C14H17N3O2S/c1-16-13-11(5-15-16)6-17(7-12(13)8-19-2)14(18)10-3-4-20-9-10/h3-5,9,12H,6-8H2,1-2H3/t12-/m1/s1. The third-order valence-electron chi connectivity index (χ3n) is 3.68. The zero-order valence-electron chi connectivity index (χ0n) is 11.6. The van der Waals surface area contributed by atoms with Crippen LogP contribution in [0.4, 0.5) is 0 Å². The molecule has 1 amide bonds. The minimum absolute atomic E-state index is 0.0851. The first-order valence-corrected chi connectivity index (χ1v) is 7.46. The first-order valence-electron chi connectivity index (χ1n) is 6.52. The molecule has 1 aliphatic heterocycles. The number of nitrogens with zero attached hydrogens (tertiary/aromatic N) is 3. The lowest BCUT2D eigenvalue weighted by Gasteiger charge is -2.32. The fourth-order valence-electron chi connectivity index (χ4n) is 2.82. The van der Waals surface area contributed by atoms with E-state index in [0.717, 1.165) is 11.1 Å². The molecule has 0 fully saturated rings. The molecule has 1 aliphatic rings. The van der Waals surface area contributed by atoms with Crippen LogP contribution >= 0.6 is 11.3 Å². The molecule has 0 unspecified atom stereocenters. The second-order valence-corrected chi connectivity index (χ2v) is 5.81. The molecule has 0 aliphatic carbocycles. The Morgan fingerprint density at radius 2 is 2.45 bits per heavy atom. The van der Waals surface area contributed by atoms with Crippen molar-refractivity contribution in [1.29, 1.82) is 0 Å². The number of carbonyl (C=O) groups is 1. The maximum atomic E-state index is 12.5. The van der Waals surface area contributed by atoms with E-state index in [1.54, 1.807) is 18.4 Å². The molecule has 0 spiro atoms. The van der Waals surface area contributed by atoms with Gasteiger partial charge >= 0.3 is 0 Å². The predicted octanol–water partition coefficient (Wildman–Crippen LogP) is 1.87. The smallest absolute Gasteiger partial charge is 0.255 e. The highest BCUT2D eigenvalue weighted by atomic mass is 32.1. The molecule has 0 N–H and O–H groups in total. The van der Waals surface area contributed by atoms with Crippen molar-refractivity contribution in [3.8, 4) is 0 Å². The van der Waals surface area contributed by atoms with Gasteiger partial charge in [-0.25, -0.2) is 0 Å². The quantitative estimate of drug-likeness (QED) is 0.867. The minimum atomic E-state index is 0.0851. The van der Waals surface area contributed by atoms with E-state index in [0.29, 0.717) is 19.7 Å². The van der Waals surface area contributed by atoms with Gasteiger partial charge in [0.25, 0.3) is 5.91 Å². The van der Waals surface area contributed by atoms with Gasteiger partial charge in [-0.1, -0.05) is 0 Å². The van der Waals surface area contributed by atoms with E-state index in [2.05, 4.69) is 5.10 Å². The molecule has 106 valence electrons. The number of hydrogen-bond donors (Lipinski definition) is 0. The van der Waals surface area contributed by atoms with Crippen LogP contribution in [0.2, 0.25) is 0 Å². The molecule has 6 heteroatoms. The predicted molar refractivity (Wildman–Crippen MR) is 76.9 cm³/mol. The summed E-state index contributed by atoms with van der Waals surface area (Å²) in [6.45, 7) is 1.90. The van der Waals surface area contributed by atoms with Crippen molar-refractivity contribution in [3.63, 3.8) is 0 Å². The van der Waals surface area contributed by atoms with Gasteiger partial charge in [0.05, 0.1) is 24.1 Å². The summed E-state index contributed by atoms with van der Waals surface area (Å²) in [4.78, 5) is 14.4. The molecule has 0 radical (unpaired) electrons. The Kier molecular flexibility index (Phi) is 3.58. The summed E-state index contributed by atoms with van der Waals surface area (Å²) in [7, 11) is 3.63. The van der Waals surface area contributed by atoms with Crippen LogP contribution in [0, 0.1) is 0 Å². The number of aryl methyl sites for hydroxylation is 1. The molecule has 2 aromatic rings. The van der Waals surface area contributed by atoms with E-state index in [1.165, 1.54) is 5.69 Å². The summed E-state index contributed by atoms with van der Waals surface area (Å²) in [5.74, 6) is 0.265. The fourth-order valence-corrected chi connectivity index (χ4v) is 3.45. The third kappa shape index (κ3) is 2.25. The van der Waals surface area contributed by atoms with Gasteiger partial charge in [0.2, 0.25) is 0 Å². The highest BCUT2D eigenvalue weighted by Crippen LogP contribution is 2.29. The normalized spacial score (nSPS) is 18.1. The Bertz CT molecular complexity index is 606. The van der Waals surface area contributed by atoms with Crippen molar-refractivity contribution in [2.45, 2.75) is 12.5 Å². The molecule has 1 atom stereocenters. The van der Waals surface area contributed by atoms with Gasteiger partial charge in [-0.05, 0) is 11.4 Å². The number of ether oxygens (including phenoxy) is 1. The summed E-state index contributed by atoms with van der Waals surface area (Å²) < 4.78 is 7.20. The highest BCUT2D eigenvalue weighted by Gasteiger charge is 2.31. The van der Waals surface area contributed by atoms with Crippen molar-refractivity contribution >= 4 is 17.2 Å². The first-order chi connectivity index (χ1) is 9.70. The number of carbonyl (C=O) groups excluding carboxylic acids is 1. The topological polar surface area (TPSA) is 47.4 Å². The minimum Gasteiger partial charge on any atom is -0.384 e. The average molecular weight is 291 g/mol. The van der Waals surface area contributed by atoms with Crippen LogP contribution in [0.3, 0.4) is 0 Å². The maximum Gasteiger partial charge on any atom is 0.255 e. The largest absolute Gasteiger partial charge is 0.384 e. The van der Waals surface area contributed by atoms with Gasteiger partial charge in [-0.2, -0.15) is 16.4 Å². The van der Waals surface area contributed by atoms with Gasteiger partial charge < -0.3 is 9.64 Å². The van der Waals surface area contributed by atoms with Gasteiger partial charge in [-0.3, -0.25) is 9.48 Å². The van der Waals surface area contributed by atoms with Crippen molar-refractivity contribution in [1.82, 2.24) is 14.7 Å². The van der Waals surface area contributed by atoms with Crippen LogP contribution < -0.4 is 0 Å². The summed E-state index contributed by atoms with van der Waals surface area (Å²) in [5, 5.41) is 8.14. The number of rotatable bonds is 3. The Hall–Kier alpha value is -1.66. The number of hydrogen-bond acceptors (Lipinski definition) is 4. The number of amides is 1. The summed E-state index contributed by atoms with van der Waals surface area (Å²) >= 11 is 1.54. The molecule has 0 aromatic carbocycles. The van der Waals surface area contributed by atoms with E-state index < -0.39 is 0 Å². The Morgan fingerprint density at radius 1 is 1.60 bits per heavy atom. The van der Waals surface area contributed by atoms with Crippen molar-refractivity contribution in [3.05, 3.63) is 39.8 Å². The van der Waals surface area contributed by atoms with Gasteiger partial charge in [0, 0.05) is 44.1 Å². The van der Waals surface area contributed by atoms with E-state index in [-0.39, 0.29) is 11.8 Å². The number of methoxy groups -OCH3 is 1. The van der Waals surface area contributed by atoms with Crippen LogP contribution in [0.25, 0.3) is 0 Å². The molecular weight excluding hydrogens is 274 g/mol. The Labute approximate surface area is 121 Å². The van der Waals surface area contributed by atoms with E-state index >= 15 is 0 Å². The lowest BCUT2D eigenvalue weighted by Crippen LogP contribution is -2.39. The lowest BCUT2D eigenvalue weighted by atomic mass is 9.96. The van der Waals surface area contributed by atoms with Gasteiger partial charge in [0.1, 0.15) is 0 Å². The van der Waals surface area contributed by atoms with E-state index in [9.17, 15) is 4.79 Å². The molecular formula is C14H17N3O2S. The average Bonchev–Trinajstić information content (AvgIpc) is 3.08. The maximum absolute atomic E-state index is 12.5. The van der Waals surface area contributed by atoms with Crippen molar-refractivity contribution in [2.75, 3.05) is 20.3 Å². The zero-order chi connectivity index (χ0) is 14.1. The fraction of sp³-hybridized carbons (Fsp3) is 0.429. The van der Waals surface area contributed by atoms with Crippen LogP contribution in [-0.4, -0.2) is 40.8 Å². The zero-order valence-corrected chi connectivity index (χ0v) is 12.4. The number of thiophene rings is 1.